The third-order valence-electron chi connectivity index (χ3n) is 3.30. The average molecular weight is 291 g/mol. The number of nitrogens with one attached hydrogen (secondary N) is 1. The van der Waals surface area contributed by atoms with Crippen molar-refractivity contribution >= 4 is 5.69 Å². The van der Waals surface area contributed by atoms with Crippen molar-refractivity contribution < 1.29 is 18.6 Å². The van der Waals surface area contributed by atoms with Gasteiger partial charge in [0.2, 0.25) is 5.75 Å². The predicted octanol–water partition coefficient (Wildman–Crippen LogP) is 3.87. The Kier molecular flexibility index (Phi) is 4.98. The molecule has 0 aliphatic heterocycles. The normalized spacial score (nSPS) is 11.8. The van der Waals surface area contributed by atoms with E-state index in [1.165, 1.54) is 0 Å². The quantitative estimate of drug-likeness (QED) is 0.839. The Morgan fingerprint density at radius 2 is 1.76 bits per heavy atom. The molecule has 21 heavy (non-hydrogen) atoms. The lowest BCUT2D eigenvalue weighted by Crippen LogP contribution is -2.09. The molecule has 0 saturated heterocycles. The van der Waals surface area contributed by atoms with Crippen molar-refractivity contribution in [3.63, 3.8) is 0 Å². The summed E-state index contributed by atoms with van der Waals surface area (Å²) in [5, 5.41) is 3.42. The molecule has 2 rings (SSSR count). The minimum atomic E-state index is 0.0859. The highest BCUT2D eigenvalue weighted by Gasteiger charge is 2.16. The molecule has 1 aromatic heterocycles. The van der Waals surface area contributed by atoms with E-state index in [0.717, 1.165) is 17.9 Å². The second-order valence-corrected chi connectivity index (χ2v) is 4.53. The summed E-state index contributed by atoms with van der Waals surface area (Å²) < 4.78 is 21.5. The van der Waals surface area contributed by atoms with E-state index in [0.29, 0.717) is 17.2 Å². The highest BCUT2D eigenvalue weighted by Crippen LogP contribution is 2.40. The lowest BCUT2D eigenvalue weighted by atomic mass is 10.1. The van der Waals surface area contributed by atoms with Gasteiger partial charge in [0.1, 0.15) is 5.76 Å². The molecule has 0 saturated carbocycles. The molecule has 0 aliphatic rings. The molecule has 5 nitrogen and oxygen atoms in total. The fourth-order valence-corrected chi connectivity index (χ4v) is 2.23. The van der Waals surface area contributed by atoms with Crippen LogP contribution >= 0.6 is 0 Å². The zero-order valence-corrected chi connectivity index (χ0v) is 12.8. The van der Waals surface area contributed by atoms with Crippen LogP contribution in [0.2, 0.25) is 0 Å². The molecule has 0 aliphatic carbocycles. The Bertz CT molecular complexity index is 541. The largest absolute Gasteiger partial charge is 0.493 e. The van der Waals surface area contributed by atoms with Gasteiger partial charge in [0.05, 0.1) is 33.6 Å². The van der Waals surface area contributed by atoms with Crippen LogP contribution in [0.5, 0.6) is 17.2 Å². The molecular weight excluding hydrogens is 270 g/mol. The van der Waals surface area contributed by atoms with Crippen molar-refractivity contribution in [2.24, 2.45) is 0 Å². The van der Waals surface area contributed by atoms with Crippen LogP contribution in [0.3, 0.4) is 0 Å². The first-order valence-electron chi connectivity index (χ1n) is 6.83. The number of benzene rings is 1. The Hall–Kier alpha value is -2.30. The van der Waals surface area contributed by atoms with Crippen LogP contribution in [0.1, 0.15) is 25.1 Å². The lowest BCUT2D eigenvalue weighted by molar-refractivity contribution is 0.324. The van der Waals surface area contributed by atoms with Gasteiger partial charge in [0, 0.05) is 17.8 Å². The summed E-state index contributed by atoms with van der Waals surface area (Å²) in [5.74, 6) is 2.71. The van der Waals surface area contributed by atoms with Crippen LogP contribution in [-0.4, -0.2) is 21.3 Å². The number of anilines is 1. The van der Waals surface area contributed by atoms with Gasteiger partial charge in [0.15, 0.2) is 11.5 Å². The van der Waals surface area contributed by atoms with Crippen LogP contribution < -0.4 is 19.5 Å². The van der Waals surface area contributed by atoms with E-state index in [4.69, 9.17) is 18.6 Å². The van der Waals surface area contributed by atoms with Gasteiger partial charge >= 0.3 is 0 Å². The number of furan rings is 1. The molecule has 1 atom stereocenters. The number of hydrogen-bond donors (Lipinski definition) is 1. The molecule has 0 radical (unpaired) electrons. The summed E-state index contributed by atoms with van der Waals surface area (Å²) >= 11 is 0. The molecule has 2 aromatic rings. The summed E-state index contributed by atoms with van der Waals surface area (Å²) in [5.41, 5.74) is 0.882. The van der Waals surface area contributed by atoms with Crippen LogP contribution in [-0.2, 0) is 0 Å². The van der Waals surface area contributed by atoms with E-state index in [2.05, 4.69) is 12.2 Å². The zero-order chi connectivity index (χ0) is 15.2. The lowest BCUT2D eigenvalue weighted by Gasteiger charge is -2.19. The summed E-state index contributed by atoms with van der Waals surface area (Å²) in [4.78, 5) is 0. The van der Waals surface area contributed by atoms with Crippen LogP contribution in [0.15, 0.2) is 34.9 Å². The van der Waals surface area contributed by atoms with E-state index < -0.39 is 0 Å². The van der Waals surface area contributed by atoms with E-state index in [9.17, 15) is 0 Å². The van der Waals surface area contributed by atoms with Gasteiger partial charge in [-0.25, -0.2) is 0 Å². The minimum Gasteiger partial charge on any atom is -0.493 e. The minimum absolute atomic E-state index is 0.0859. The third kappa shape index (κ3) is 3.24. The maximum Gasteiger partial charge on any atom is 0.203 e. The van der Waals surface area contributed by atoms with Crippen molar-refractivity contribution in [1.82, 2.24) is 0 Å². The second kappa shape index (κ2) is 6.92. The Morgan fingerprint density at radius 1 is 1.10 bits per heavy atom. The summed E-state index contributed by atoms with van der Waals surface area (Å²) in [6.45, 7) is 2.10. The van der Waals surface area contributed by atoms with Gasteiger partial charge < -0.3 is 23.9 Å². The molecule has 5 heteroatoms. The topological polar surface area (TPSA) is 52.9 Å². The summed E-state index contributed by atoms with van der Waals surface area (Å²) in [7, 11) is 4.79. The van der Waals surface area contributed by atoms with E-state index in [1.54, 1.807) is 27.6 Å². The molecular formula is C16H21NO4. The molecule has 0 bridgehead atoms. The van der Waals surface area contributed by atoms with Gasteiger partial charge in [0.25, 0.3) is 0 Å². The maximum atomic E-state index is 5.47. The fraction of sp³-hybridized carbons (Fsp3) is 0.375. The maximum absolute atomic E-state index is 5.47. The predicted molar refractivity (Wildman–Crippen MR) is 81.5 cm³/mol. The number of hydrogen-bond acceptors (Lipinski definition) is 5. The molecule has 1 unspecified atom stereocenters. The number of rotatable bonds is 7. The Labute approximate surface area is 124 Å². The van der Waals surface area contributed by atoms with Crippen LogP contribution in [0.4, 0.5) is 5.69 Å². The van der Waals surface area contributed by atoms with E-state index in [1.807, 2.05) is 24.3 Å². The van der Waals surface area contributed by atoms with Crippen molar-refractivity contribution in [2.75, 3.05) is 26.6 Å². The molecule has 114 valence electrons. The first-order chi connectivity index (χ1) is 10.2. The summed E-state index contributed by atoms with van der Waals surface area (Å²) in [6, 6.07) is 7.69. The molecule has 1 aromatic carbocycles. The Morgan fingerprint density at radius 3 is 2.19 bits per heavy atom. The number of methoxy groups -OCH3 is 3. The van der Waals surface area contributed by atoms with Gasteiger partial charge in [-0.3, -0.25) is 0 Å². The Balaban J connectivity index is 2.31. The standard InChI is InChI=1S/C16H21NO4/c1-5-12(13-7-6-8-21-13)17-11-9-14(18-2)16(20-4)15(10-11)19-3/h6-10,12,17H,5H2,1-4H3. The zero-order valence-electron chi connectivity index (χ0n) is 12.8. The molecule has 0 amide bonds. The smallest absolute Gasteiger partial charge is 0.203 e. The third-order valence-corrected chi connectivity index (χ3v) is 3.30. The van der Waals surface area contributed by atoms with Crippen LogP contribution in [0.25, 0.3) is 0 Å². The van der Waals surface area contributed by atoms with Crippen molar-refractivity contribution in [3.8, 4) is 17.2 Å². The fourth-order valence-electron chi connectivity index (χ4n) is 2.23. The second-order valence-electron chi connectivity index (χ2n) is 4.53. The van der Waals surface area contributed by atoms with Gasteiger partial charge in [-0.2, -0.15) is 0 Å². The van der Waals surface area contributed by atoms with Gasteiger partial charge in [-0.1, -0.05) is 6.92 Å². The van der Waals surface area contributed by atoms with E-state index >= 15 is 0 Å². The molecule has 0 fully saturated rings. The summed E-state index contributed by atoms with van der Waals surface area (Å²) in [6.07, 6.45) is 2.57. The van der Waals surface area contributed by atoms with Crippen molar-refractivity contribution in [2.45, 2.75) is 19.4 Å². The highest BCUT2D eigenvalue weighted by molar-refractivity contribution is 5.63. The molecule has 0 spiro atoms. The average Bonchev–Trinajstić information content (AvgIpc) is 3.05. The van der Waals surface area contributed by atoms with Gasteiger partial charge in [-0.05, 0) is 18.6 Å². The highest BCUT2D eigenvalue weighted by atomic mass is 16.5. The SMILES string of the molecule is CCC(Nc1cc(OC)c(OC)c(OC)c1)c1ccco1. The first kappa shape index (κ1) is 15.1. The molecule has 1 heterocycles. The monoisotopic (exact) mass is 291 g/mol. The van der Waals surface area contributed by atoms with E-state index in [-0.39, 0.29) is 6.04 Å². The van der Waals surface area contributed by atoms with Crippen molar-refractivity contribution in [1.29, 1.82) is 0 Å². The van der Waals surface area contributed by atoms with Crippen LogP contribution in [0, 0.1) is 0 Å². The number of ether oxygens (including phenoxy) is 3. The van der Waals surface area contributed by atoms with Crippen molar-refractivity contribution in [3.05, 3.63) is 36.3 Å². The van der Waals surface area contributed by atoms with Gasteiger partial charge in [-0.15, -0.1) is 0 Å². The molecule has 1 N–H and O–H groups in total. The first-order valence-corrected chi connectivity index (χ1v) is 6.83.